The van der Waals surface area contributed by atoms with Gasteiger partial charge in [0.05, 0.1) is 18.9 Å². The second kappa shape index (κ2) is 13.1. The Morgan fingerprint density at radius 1 is 0.936 bits per heavy atom. The van der Waals surface area contributed by atoms with E-state index in [1.165, 1.54) is 17.0 Å². The number of carbonyl (C=O) groups excluding carboxylic acids is 2. The van der Waals surface area contributed by atoms with Crippen molar-refractivity contribution in [3.8, 4) is 0 Å². The number of amides is 3. The molecule has 3 heterocycles. The molecule has 12 nitrogen and oxygen atoms in total. The number of amidine groups is 1. The Balaban J connectivity index is 1.31. The average Bonchev–Trinajstić information content (AvgIpc) is 3.09. The Morgan fingerprint density at radius 2 is 1.64 bits per heavy atom. The maximum atomic E-state index is 15.6. The van der Waals surface area contributed by atoms with Crippen molar-refractivity contribution in [2.45, 2.75) is 5.66 Å². The number of rotatable bonds is 7. The van der Waals surface area contributed by atoms with Crippen molar-refractivity contribution >= 4 is 40.8 Å². The first-order valence-electron chi connectivity index (χ1n) is 15.1. The zero-order valence-corrected chi connectivity index (χ0v) is 26.6. The molecule has 0 spiro atoms. The van der Waals surface area contributed by atoms with Gasteiger partial charge in [0.1, 0.15) is 11.7 Å². The van der Waals surface area contributed by atoms with Crippen molar-refractivity contribution in [2.24, 2.45) is 4.99 Å². The maximum absolute atomic E-state index is 15.6. The highest BCUT2D eigenvalue weighted by Gasteiger charge is 2.46. The number of hydrogen-bond donors (Lipinski definition) is 3. The van der Waals surface area contributed by atoms with Gasteiger partial charge in [-0.1, -0.05) is 18.2 Å². The number of para-hydroxylation sites is 1. The third-order valence-corrected chi connectivity index (χ3v) is 8.03. The summed E-state index contributed by atoms with van der Waals surface area (Å²) >= 11 is 0. The van der Waals surface area contributed by atoms with Gasteiger partial charge in [0.2, 0.25) is 5.95 Å². The predicted octanol–water partition coefficient (Wildman–Crippen LogP) is 4.43. The summed E-state index contributed by atoms with van der Waals surface area (Å²) in [4.78, 5) is 44.9. The number of halogens is 1. The van der Waals surface area contributed by atoms with Crippen molar-refractivity contribution in [3.05, 3.63) is 107 Å². The Labute approximate surface area is 272 Å². The van der Waals surface area contributed by atoms with E-state index in [2.05, 4.69) is 30.8 Å². The van der Waals surface area contributed by atoms with Crippen LogP contribution in [0.2, 0.25) is 0 Å². The van der Waals surface area contributed by atoms with E-state index in [0.29, 0.717) is 54.9 Å². The fourth-order valence-electron chi connectivity index (χ4n) is 5.68. The number of nitrogens with one attached hydrogen (secondary N) is 3. The first-order chi connectivity index (χ1) is 22.7. The molecule has 0 aliphatic carbocycles. The van der Waals surface area contributed by atoms with Crippen LogP contribution in [0.25, 0.3) is 0 Å². The zero-order valence-electron chi connectivity index (χ0n) is 26.6. The number of morpholine rings is 1. The molecule has 0 bridgehead atoms. The van der Waals surface area contributed by atoms with Crippen LogP contribution in [0.4, 0.5) is 32.2 Å². The van der Waals surface area contributed by atoms with Crippen LogP contribution in [-0.2, 0) is 10.4 Å². The highest BCUT2D eigenvalue weighted by molar-refractivity contribution is 6.11. The molecule has 3 N–H and O–H groups in total. The largest absolute Gasteiger partial charge is 0.379 e. The minimum absolute atomic E-state index is 0.00502. The van der Waals surface area contributed by atoms with Gasteiger partial charge < -0.3 is 30.5 Å². The van der Waals surface area contributed by atoms with Crippen LogP contribution in [0.1, 0.15) is 27.0 Å². The molecule has 1 atom stereocenters. The van der Waals surface area contributed by atoms with E-state index in [0.717, 1.165) is 16.8 Å². The third kappa shape index (κ3) is 6.35. The lowest BCUT2D eigenvalue weighted by Gasteiger charge is -2.46. The number of ether oxygens (including phenoxy) is 1. The smallest absolute Gasteiger partial charge is 0.323 e. The molecule has 2 aliphatic rings. The molecule has 47 heavy (non-hydrogen) atoms. The lowest BCUT2D eigenvalue weighted by molar-refractivity contribution is -0.00780. The number of hydrogen-bond acceptors (Lipinski definition) is 9. The van der Waals surface area contributed by atoms with Gasteiger partial charge in [0.15, 0.2) is 5.66 Å². The lowest BCUT2D eigenvalue weighted by atomic mass is 9.88. The second-order valence-electron chi connectivity index (χ2n) is 11.6. The van der Waals surface area contributed by atoms with Gasteiger partial charge >= 0.3 is 6.03 Å². The molecule has 0 radical (unpaired) electrons. The molecule has 0 saturated carbocycles. The molecule has 4 aromatic rings. The second-order valence-corrected chi connectivity index (χ2v) is 11.6. The van der Waals surface area contributed by atoms with E-state index >= 15 is 4.39 Å². The topological polar surface area (TPSA) is 127 Å². The Kier molecular flexibility index (Phi) is 8.83. The number of urea groups is 1. The number of anilines is 4. The van der Waals surface area contributed by atoms with Gasteiger partial charge in [0, 0.05) is 87.3 Å². The zero-order chi connectivity index (χ0) is 33.1. The highest BCUT2D eigenvalue weighted by Crippen LogP contribution is 2.44. The van der Waals surface area contributed by atoms with Crippen molar-refractivity contribution in [1.29, 1.82) is 0 Å². The fourth-order valence-corrected chi connectivity index (χ4v) is 5.68. The number of aromatic nitrogens is 2. The minimum Gasteiger partial charge on any atom is -0.379 e. The van der Waals surface area contributed by atoms with Gasteiger partial charge in [-0.2, -0.15) is 0 Å². The van der Waals surface area contributed by atoms with Crippen LogP contribution in [0.15, 0.2) is 84.1 Å². The fraction of sp³-hybridized carbons (Fsp3) is 0.265. The lowest BCUT2D eigenvalue weighted by Crippen LogP contribution is -2.53. The van der Waals surface area contributed by atoms with Crippen LogP contribution in [0.3, 0.4) is 0 Å². The summed E-state index contributed by atoms with van der Waals surface area (Å²) in [5.41, 5.74) is 2.93. The van der Waals surface area contributed by atoms with Crippen molar-refractivity contribution in [1.82, 2.24) is 19.8 Å². The van der Waals surface area contributed by atoms with Crippen molar-refractivity contribution < 1.29 is 18.7 Å². The molecule has 6 rings (SSSR count). The Hall–Kier alpha value is -5.40. The predicted molar refractivity (Wildman–Crippen MR) is 180 cm³/mol. The normalized spacial score (nSPS) is 17.5. The van der Waals surface area contributed by atoms with Crippen LogP contribution in [0, 0.1) is 5.82 Å². The Bertz CT molecular complexity index is 1810. The van der Waals surface area contributed by atoms with E-state index in [4.69, 9.17) is 9.73 Å². The molecule has 3 aromatic carbocycles. The molecular formula is C34H36FN9O3. The van der Waals surface area contributed by atoms with Crippen LogP contribution >= 0.6 is 0 Å². The molecule has 13 heteroatoms. The number of nitrogens with zero attached hydrogens (tertiary/aromatic N) is 6. The van der Waals surface area contributed by atoms with Gasteiger partial charge in [-0.15, -0.1) is 0 Å². The summed E-state index contributed by atoms with van der Waals surface area (Å²) in [7, 11) is 7.09. The summed E-state index contributed by atoms with van der Waals surface area (Å²) < 4.78 is 21.3. The van der Waals surface area contributed by atoms with E-state index in [9.17, 15) is 9.59 Å². The number of benzene rings is 3. The Morgan fingerprint density at radius 3 is 2.30 bits per heavy atom. The van der Waals surface area contributed by atoms with Gasteiger partial charge in [-0.3, -0.25) is 9.69 Å². The van der Waals surface area contributed by atoms with Gasteiger partial charge in [0.25, 0.3) is 5.91 Å². The summed E-state index contributed by atoms with van der Waals surface area (Å²) in [6.45, 7) is 2.30. The molecule has 1 fully saturated rings. The van der Waals surface area contributed by atoms with E-state index in [1.807, 2.05) is 43.3 Å². The molecule has 2 aliphatic heterocycles. The highest BCUT2D eigenvalue weighted by atomic mass is 19.1. The molecule has 3 amide bonds. The van der Waals surface area contributed by atoms with Crippen molar-refractivity contribution in [2.75, 3.05) is 75.3 Å². The molecule has 242 valence electrons. The van der Waals surface area contributed by atoms with E-state index < -0.39 is 17.5 Å². The van der Waals surface area contributed by atoms with Gasteiger partial charge in [-0.05, 0) is 48.5 Å². The maximum Gasteiger partial charge on any atom is 0.323 e. The molecule has 1 unspecified atom stereocenters. The van der Waals surface area contributed by atoms with E-state index in [1.54, 1.807) is 56.8 Å². The number of fused-ring (bicyclic) bond motifs is 1. The number of carbonyl (C=O) groups is 2. The quantitative estimate of drug-likeness (QED) is 0.272. The molecule has 1 aromatic heterocycles. The van der Waals surface area contributed by atoms with E-state index in [-0.39, 0.29) is 11.6 Å². The summed E-state index contributed by atoms with van der Waals surface area (Å²) in [6, 6.07) is 18.3. The monoisotopic (exact) mass is 637 g/mol. The first-order valence-corrected chi connectivity index (χ1v) is 15.1. The summed E-state index contributed by atoms with van der Waals surface area (Å²) in [6.07, 6.45) is 3.59. The van der Waals surface area contributed by atoms with Crippen molar-refractivity contribution in [3.63, 3.8) is 0 Å². The van der Waals surface area contributed by atoms with Crippen LogP contribution in [-0.4, -0.2) is 92.0 Å². The number of aliphatic imine (C=N–C) groups is 1. The summed E-state index contributed by atoms with van der Waals surface area (Å²) in [5.74, 6) is 0.238. The SMILES string of the molecule is CN(C)C(=O)c1ccc(NC(=O)Nc2ccc(C3=NC(c4cnc(N(C)C)nc4)(N4CCOCC4)c4ccccc4N3)cc2F)cc1. The molecular weight excluding hydrogens is 601 g/mol. The first kappa shape index (κ1) is 31.6. The summed E-state index contributed by atoms with van der Waals surface area (Å²) in [5, 5.41) is 8.63. The van der Waals surface area contributed by atoms with Crippen LogP contribution < -0.4 is 20.9 Å². The van der Waals surface area contributed by atoms with Gasteiger partial charge in [-0.25, -0.2) is 24.1 Å². The molecule has 1 saturated heterocycles. The third-order valence-electron chi connectivity index (χ3n) is 8.03. The van der Waals surface area contributed by atoms with Crippen LogP contribution in [0.5, 0.6) is 0 Å². The standard InChI is InChI=1S/C34H36FN9O3/c1-42(2)31(45)22-9-12-25(13-10-22)38-33(46)40-29-14-11-23(19-27(29)35)30-39-28-8-6-5-7-26(28)34(41-30,44-15-17-47-18-16-44)24-20-36-32(37-21-24)43(3)4/h5-14,19-21H,15-18H2,1-4H3,(H,39,41)(H2,38,40,46). The average molecular weight is 638 g/mol. The minimum atomic E-state index is -1.01.